The molecule has 0 radical (unpaired) electrons. The molecule has 0 aromatic heterocycles. The second kappa shape index (κ2) is 6.37. The van der Waals surface area contributed by atoms with Crippen molar-refractivity contribution in [1.29, 1.82) is 0 Å². The molecule has 0 bridgehead atoms. The van der Waals surface area contributed by atoms with Gasteiger partial charge in [0.2, 0.25) is 5.91 Å². The molecular formula is C13H19N3O2. The van der Waals surface area contributed by atoms with Crippen molar-refractivity contribution in [2.75, 3.05) is 50.1 Å². The highest BCUT2D eigenvalue weighted by atomic mass is 16.5. The van der Waals surface area contributed by atoms with Crippen molar-refractivity contribution in [3.63, 3.8) is 0 Å². The minimum absolute atomic E-state index is 0.0309. The molecule has 1 heterocycles. The molecule has 5 nitrogen and oxygen atoms in total. The summed E-state index contributed by atoms with van der Waals surface area (Å²) in [5.74, 6) is -0.0309. The van der Waals surface area contributed by atoms with Crippen molar-refractivity contribution in [3.8, 4) is 0 Å². The van der Waals surface area contributed by atoms with E-state index in [9.17, 15) is 4.79 Å². The number of morpholine rings is 1. The number of rotatable bonds is 4. The molecule has 1 aromatic carbocycles. The van der Waals surface area contributed by atoms with Gasteiger partial charge in [0.15, 0.2) is 0 Å². The van der Waals surface area contributed by atoms with E-state index >= 15 is 0 Å². The molecule has 0 spiro atoms. The normalized spacial score (nSPS) is 15.5. The van der Waals surface area contributed by atoms with E-state index < -0.39 is 0 Å². The Morgan fingerprint density at radius 1 is 1.28 bits per heavy atom. The molecule has 0 aliphatic carbocycles. The third-order valence-electron chi connectivity index (χ3n) is 2.86. The number of amides is 1. The van der Waals surface area contributed by atoms with Crippen LogP contribution in [0.5, 0.6) is 0 Å². The Morgan fingerprint density at radius 2 is 1.94 bits per heavy atom. The number of likely N-dealkylation sites (N-methyl/N-ethyl adjacent to an activating group) is 1. The largest absolute Gasteiger partial charge is 0.378 e. The van der Waals surface area contributed by atoms with Crippen molar-refractivity contribution >= 4 is 17.3 Å². The SMILES string of the molecule is CNCC(=O)Nc1ccc(N2CCOCC2)cc1. The van der Waals surface area contributed by atoms with Crippen LogP contribution in [-0.4, -0.2) is 45.8 Å². The molecule has 0 atom stereocenters. The van der Waals surface area contributed by atoms with Crippen LogP contribution in [-0.2, 0) is 9.53 Å². The maximum Gasteiger partial charge on any atom is 0.238 e. The van der Waals surface area contributed by atoms with Gasteiger partial charge in [-0.2, -0.15) is 0 Å². The maximum atomic E-state index is 11.4. The lowest BCUT2D eigenvalue weighted by Gasteiger charge is -2.28. The molecule has 1 aliphatic heterocycles. The minimum Gasteiger partial charge on any atom is -0.378 e. The topological polar surface area (TPSA) is 53.6 Å². The van der Waals surface area contributed by atoms with Gasteiger partial charge in [0.05, 0.1) is 19.8 Å². The second-order valence-corrected chi connectivity index (χ2v) is 4.22. The van der Waals surface area contributed by atoms with Crippen LogP contribution >= 0.6 is 0 Å². The van der Waals surface area contributed by atoms with Gasteiger partial charge in [0, 0.05) is 24.5 Å². The summed E-state index contributed by atoms with van der Waals surface area (Å²) in [7, 11) is 1.75. The molecule has 0 unspecified atom stereocenters. The Hall–Kier alpha value is -1.59. The van der Waals surface area contributed by atoms with Crippen molar-refractivity contribution in [2.45, 2.75) is 0 Å². The minimum atomic E-state index is -0.0309. The van der Waals surface area contributed by atoms with E-state index in [1.807, 2.05) is 24.3 Å². The molecule has 1 aliphatic rings. The molecule has 1 amide bonds. The van der Waals surface area contributed by atoms with Crippen LogP contribution in [0.2, 0.25) is 0 Å². The molecule has 98 valence electrons. The smallest absolute Gasteiger partial charge is 0.238 e. The summed E-state index contributed by atoms with van der Waals surface area (Å²) in [5, 5.41) is 5.64. The summed E-state index contributed by atoms with van der Waals surface area (Å²) in [6.07, 6.45) is 0. The van der Waals surface area contributed by atoms with Gasteiger partial charge in [-0.1, -0.05) is 0 Å². The fourth-order valence-corrected chi connectivity index (χ4v) is 1.94. The summed E-state index contributed by atoms with van der Waals surface area (Å²) in [6, 6.07) is 7.91. The van der Waals surface area contributed by atoms with E-state index in [0.717, 1.165) is 32.0 Å². The van der Waals surface area contributed by atoms with Gasteiger partial charge in [-0.3, -0.25) is 4.79 Å². The number of nitrogens with one attached hydrogen (secondary N) is 2. The Morgan fingerprint density at radius 3 is 2.56 bits per heavy atom. The van der Waals surface area contributed by atoms with Crippen LogP contribution in [0.4, 0.5) is 11.4 Å². The van der Waals surface area contributed by atoms with Gasteiger partial charge in [0.1, 0.15) is 0 Å². The fraction of sp³-hybridized carbons (Fsp3) is 0.462. The van der Waals surface area contributed by atoms with Gasteiger partial charge >= 0.3 is 0 Å². The molecule has 2 rings (SSSR count). The number of hydrogen-bond acceptors (Lipinski definition) is 4. The zero-order chi connectivity index (χ0) is 12.8. The van der Waals surface area contributed by atoms with Gasteiger partial charge in [-0.05, 0) is 31.3 Å². The monoisotopic (exact) mass is 249 g/mol. The third-order valence-corrected chi connectivity index (χ3v) is 2.86. The highest BCUT2D eigenvalue weighted by Crippen LogP contribution is 2.18. The zero-order valence-electron chi connectivity index (χ0n) is 10.6. The van der Waals surface area contributed by atoms with Crippen LogP contribution in [0.15, 0.2) is 24.3 Å². The van der Waals surface area contributed by atoms with E-state index in [1.54, 1.807) is 7.05 Å². The van der Waals surface area contributed by atoms with Crippen molar-refractivity contribution < 1.29 is 9.53 Å². The van der Waals surface area contributed by atoms with E-state index in [1.165, 1.54) is 5.69 Å². The lowest BCUT2D eigenvalue weighted by atomic mass is 10.2. The number of carbonyl (C=O) groups is 1. The summed E-state index contributed by atoms with van der Waals surface area (Å²) in [5.41, 5.74) is 2.00. The van der Waals surface area contributed by atoms with Gasteiger partial charge < -0.3 is 20.3 Å². The predicted octanol–water partition coefficient (Wildman–Crippen LogP) is 0.681. The third kappa shape index (κ3) is 3.45. The fourth-order valence-electron chi connectivity index (χ4n) is 1.94. The van der Waals surface area contributed by atoms with Crippen molar-refractivity contribution in [1.82, 2.24) is 5.32 Å². The summed E-state index contributed by atoms with van der Waals surface area (Å²) >= 11 is 0. The van der Waals surface area contributed by atoms with E-state index in [-0.39, 0.29) is 5.91 Å². The maximum absolute atomic E-state index is 11.4. The second-order valence-electron chi connectivity index (χ2n) is 4.22. The zero-order valence-corrected chi connectivity index (χ0v) is 10.6. The first-order valence-corrected chi connectivity index (χ1v) is 6.17. The molecule has 0 saturated carbocycles. The lowest BCUT2D eigenvalue weighted by molar-refractivity contribution is -0.115. The standard InChI is InChI=1S/C13H19N3O2/c1-14-10-13(17)15-11-2-4-12(5-3-11)16-6-8-18-9-7-16/h2-5,14H,6-10H2,1H3,(H,15,17). The molecule has 1 aromatic rings. The van der Waals surface area contributed by atoms with Crippen molar-refractivity contribution in [3.05, 3.63) is 24.3 Å². The Labute approximate surface area is 107 Å². The number of hydrogen-bond donors (Lipinski definition) is 2. The number of anilines is 2. The molecular weight excluding hydrogens is 230 g/mol. The van der Waals surface area contributed by atoms with Gasteiger partial charge in [0.25, 0.3) is 0 Å². The molecule has 18 heavy (non-hydrogen) atoms. The van der Waals surface area contributed by atoms with Crippen molar-refractivity contribution in [2.24, 2.45) is 0 Å². The lowest BCUT2D eigenvalue weighted by Crippen LogP contribution is -2.36. The summed E-state index contributed by atoms with van der Waals surface area (Å²) < 4.78 is 5.32. The van der Waals surface area contributed by atoms with Crippen LogP contribution in [0.1, 0.15) is 0 Å². The van der Waals surface area contributed by atoms with E-state index in [4.69, 9.17) is 4.74 Å². The Balaban J connectivity index is 1.94. The number of nitrogens with zero attached hydrogens (tertiary/aromatic N) is 1. The first-order chi connectivity index (χ1) is 8.79. The van der Waals surface area contributed by atoms with Crippen LogP contribution < -0.4 is 15.5 Å². The number of benzene rings is 1. The number of ether oxygens (including phenoxy) is 1. The highest BCUT2D eigenvalue weighted by molar-refractivity contribution is 5.92. The number of carbonyl (C=O) groups excluding carboxylic acids is 1. The molecule has 1 fully saturated rings. The predicted molar refractivity (Wildman–Crippen MR) is 72.0 cm³/mol. The molecule has 1 saturated heterocycles. The Kier molecular flexibility index (Phi) is 4.55. The van der Waals surface area contributed by atoms with Crippen LogP contribution in [0.25, 0.3) is 0 Å². The highest BCUT2D eigenvalue weighted by Gasteiger charge is 2.10. The first kappa shape index (κ1) is 12.9. The van der Waals surface area contributed by atoms with Crippen LogP contribution in [0.3, 0.4) is 0 Å². The summed E-state index contributed by atoms with van der Waals surface area (Å²) in [6.45, 7) is 3.73. The van der Waals surface area contributed by atoms with Crippen LogP contribution in [0, 0.1) is 0 Å². The first-order valence-electron chi connectivity index (χ1n) is 6.17. The average Bonchev–Trinajstić information content (AvgIpc) is 2.41. The van der Waals surface area contributed by atoms with E-state index in [0.29, 0.717) is 6.54 Å². The van der Waals surface area contributed by atoms with Gasteiger partial charge in [-0.25, -0.2) is 0 Å². The summed E-state index contributed by atoms with van der Waals surface area (Å²) in [4.78, 5) is 13.7. The van der Waals surface area contributed by atoms with E-state index in [2.05, 4.69) is 15.5 Å². The Bertz CT molecular complexity index is 386. The molecule has 5 heteroatoms. The van der Waals surface area contributed by atoms with Gasteiger partial charge in [-0.15, -0.1) is 0 Å². The molecule has 2 N–H and O–H groups in total. The average molecular weight is 249 g/mol. The quantitative estimate of drug-likeness (QED) is 0.824.